The molecule has 0 radical (unpaired) electrons. The first kappa shape index (κ1) is 13.9. The number of piperazine rings is 1. The predicted octanol–water partition coefficient (Wildman–Crippen LogP) is 1.73. The van der Waals surface area contributed by atoms with Gasteiger partial charge in [-0.1, -0.05) is 13.8 Å². The summed E-state index contributed by atoms with van der Waals surface area (Å²) in [5.74, 6) is 0.698. The van der Waals surface area contributed by atoms with Gasteiger partial charge in [-0.3, -0.25) is 4.90 Å². The van der Waals surface area contributed by atoms with Crippen LogP contribution in [0.25, 0.3) is 0 Å². The molecule has 3 unspecified atom stereocenters. The van der Waals surface area contributed by atoms with Crippen molar-refractivity contribution in [3.8, 4) is 0 Å². The van der Waals surface area contributed by atoms with E-state index in [0.717, 1.165) is 26.3 Å². The van der Waals surface area contributed by atoms with E-state index in [0.29, 0.717) is 24.0 Å². The number of ether oxygens (including phenoxy) is 1. The van der Waals surface area contributed by atoms with Crippen LogP contribution in [0.1, 0.15) is 34.6 Å². The third kappa shape index (κ3) is 3.72. The molecule has 3 heteroatoms. The molecule has 0 aliphatic carbocycles. The Morgan fingerprint density at radius 1 is 1.38 bits per heavy atom. The van der Waals surface area contributed by atoms with Crippen LogP contribution in [-0.2, 0) is 4.74 Å². The predicted molar refractivity (Wildman–Crippen MR) is 68.8 cm³/mol. The van der Waals surface area contributed by atoms with Crippen LogP contribution in [0, 0.1) is 5.92 Å². The van der Waals surface area contributed by atoms with E-state index in [1.165, 1.54) is 0 Å². The molecule has 1 fully saturated rings. The van der Waals surface area contributed by atoms with Gasteiger partial charge in [0.1, 0.15) is 0 Å². The van der Waals surface area contributed by atoms with Gasteiger partial charge in [-0.05, 0) is 26.7 Å². The van der Waals surface area contributed by atoms with E-state index in [-0.39, 0.29) is 0 Å². The standard InChI is InChI=1S/C13H28N2O/c1-6-16-9-12(5)15-8-11(4)14-7-13(15)10(2)3/h10-14H,6-9H2,1-5H3. The Labute approximate surface area is 101 Å². The van der Waals surface area contributed by atoms with E-state index in [1.807, 2.05) is 0 Å². The molecule has 0 spiro atoms. The van der Waals surface area contributed by atoms with Gasteiger partial charge in [0.05, 0.1) is 6.61 Å². The Morgan fingerprint density at radius 3 is 2.62 bits per heavy atom. The van der Waals surface area contributed by atoms with Crippen molar-refractivity contribution in [2.75, 3.05) is 26.3 Å². The van der Waals surface area contributed by atoms with Crippen LogP contribution in [0.3, 0.4) is 0 Å². The van der Waals surface area contributed by atoms with E-state index in [2.05, 4.69) is 44.8 Å². The van der Waals surface area contributed by atoms with Crippen molar-refractivity contribution in [2.24, 2.45) is 5.92 Å². The van der Waals surface area contributed by atoms with Crippen molar-refractivity contribution in [1.29, 1.82) is 0 Å². The van der Waals surface area contributed by atoms with Crippen LogP contribution < -0.4 is 5.32 Å². The molecular formula is C13H28N2O. The molecule has 96 valence electrons. The highest BCUT2D eigenvalue weighted by Gasteiger charge is 2.30. The summed E-state index contributed by atoms with van der Waals surface area (Å²) in [4.78, 5) is 2.61. The molecule has 3 atom stereocenters. The molecule has 1 N–H and O–H groups in total. The van der Waals surface area contributed by atoms with E-state index in [9.17, 15) is 0 Å². The maximum atomic E-state index is 5.55. The summed E-state index contributed by atoms with van der Waals surface area (Å²) in [7, 11) is 0. The first-order valence-electron chi connectivity index (χ1n) is 6.63. The van der Waals surface area contributed by atoms with Crippen molar-refractivity contribution in [1.82, 2.24) is 10.2 Å². The number of nitrogens with zero attached hydrogens (tertiary/aromatic N) is 1. The zero-order valence-corrected chi connectivity index (χ0v) is 11.5. The lowest BCUT2D eigenvalue weighted by molar-refractivity contribution is 0.0159. The number of hydrogen-bond acceptors (Lipinski definition) is 3. The van der Waals surface area contributed by atoms with Crippen LogP contribution in [0.2, 0.25) is 0 Å². The topological polar surface area (TPSA) is 24.5 Å². The molecule has 0 bridgehead atoms. The van der Waals surface area contributed by atoms with E-state index >= 15 is 0 Å². The molecule has 0 amide bonds. The second kappa shape index (κ2) is 6.58. The lowest BCUT2D eigenvalue weighted by Gasteiger charge is -2.44. The van der Waals surface area contributed by atoms with Crippen LogP contribution in [-0.4, -0.2) is 49.3 Å². The molecule has 16 heavy (non-hydrogen) atoms. The fourth-order valence-electron chi connectivity index (χ4n) is 2.46. The van der Waals surface area contributed by atoms with E-state index in [4.69, 9.17) is 4.74 Å². The van der Waals surface area contributed by atoms with Gasteiger partial charge < -0.3 is 10.1 Å². The first-order valence-corrected chi connectivity index (χ1v) is 6.63. The molecule has 1 rings (SSSR count). The summed E-state index contributed by atoms with van der Waals surface area (Å²) >= 11 is 0. The Morgan fingerprint density at radius 2 is 2.06 bits per heavy atom. The van der Waals surface area contributed by atoms with Crippen molar-refractivity contribution in [3.63, 3.8) is 0 Å². The molecule has 0 saturated carbocycles. The van der Waals surface area contributed by atoms with Crippen molar-refractivity contribution in [3.05, 3.63) is 0 Å². The summed E-state index contributed by atoms with van der Waals surface area (Å²) in [6, 6.07) is 1.77. The van der Waals surface area contributed by atoms with Crippen LogP contribution >= 0.6 is 0 Å². The van der Waals surface area contributed by atoms with Crippen LogP contribution in [0.15, 0.2) is 0 Å². The molecule has 1 heterocycles. The van der Waals surface area contributed by atoms with Crippen molar-refractivity contribution in [2.45, 2.75) is 52.7 Å². The minimum Gasteiger partial charge on any atom is -0.380 e. The maximum absolute atomic E-state index is 5.55. The minimum absolute atomic E-state index is 0.525. The lowest BCUT2D eigenvalue weighted by Crippen LogP contribution is -2.60. The summed E-state index contributed by atoms with van der Waals surface area (Å²) in [6.07, 6.45) is 0. The van der Waals surface area contributed by atoms with E-state index < -0.39 is 0 Å². The van der Waals surface area contributed by atoms with Crippen LogP contribution in [0.4, 0.5) is 0 Å². The zero-order chi connectivity index (χ0) is 12.1. The maximum Gasteiger partial charge on any atom is 0.0619 e. The Balaban J connectivity index is 2.56. The summed E-state index contributed by atoms with van der Waals surface area (Å²) in [5.41, 5.74) is 0. The highest BCUT2D eigenvalue weighted by atomic mass is 16.5. The lowest BCUT2D eigenvalue weighted by atomic mass is 9.97. The molecule has 0 aromatic heterocycles. The second-order valence-electron chi connectivity index (χ2n) is 5.33. The van der Waals surface area contributed by atoms with Gasteiger partial charge in [0.25, 0.3) is 0 Å². The van der Waals surface area contributed by atoms with Gasteiger partial charge in [0, 0.05) is 37.8 Å². The molecule has 1 saturated heterocycles. The SMILES string of the molecule is CCOCC(C)N1CC(C)NCC1C(C)C. The molecule has 0 aromatic rings. The van der Waals surface area contributed by atoms with Gasteiger partial charge in [0.2, 0.25) is 0 Å². The van der Waals surface area contributed by atoms with Gasteiger partial charge in [0.15, 0.2) is 0 Å². The third-order valence-electron chi connectivity index (χ3n) is 3.48. The van der Waals surface area contributed by atoms with E-state index in [1.54, 1.807) is 0 Å². The third-order valence-corrected chi connectivity index (χ3v) is 3.48. The highest BCUT2D eigenvalue weighted by Crippen LogP contribution is 2.18. The average molecular weight is 228 g/mol. The van der Waals surface area contributed by atoms with Crippen LogP contribution in [0.5, 0.6) is 0 Å². The number of hydrogen-bond donors (Lipinski definition) is 1. The first-order chi connectivity index (χ1) is 7.56. The summed E-state index contributed by atoms with van der Waals surface area (Å²) in [5, 5.41) is 3.57. The Kier molecular flexibility index (Phi) is 5.73. The van der Waals surface area contributed by atoms with Gasteiger partial charge in [-0.25, -0.2) is 0 Å². The highest BCUT2D eigenvalue weighted by molar-refractivity contribution is 4.88. The number of nitrogens with one attached hydrogen (secondary N) is 1. The largest absolute Gasteiger partial charge is 0.380 e. The zero-order valence-electron chi connectivity index (χ0n) is 11.5. The minimum atomic E-state index is 0.525. The Bertz CT molecular complexity index is 196. The average Bonchev–Trinajstić information content (AvgIpc) is 2.25. The van der Waals surface area contributed by atoms with Gasteiger partial charge >= 0.3 is 0 Å². The normalized spacial score (nSPS) is 29.6. The fourth-order valence-corrected chi connectivity index (χ4v) is 2.46. The molecule has 3 nitrogen and oxygen atoms in total. The van der Waals surface area contributed by atoms with Crippen molar-refractivity contribution < 1.29 is 4.74 Å². The fraction of sp³-hybridized carbons (Fsp3) is 1.00. The monoisotopic (exact) mass is 228 g/mol. The quantitative estimate of drug-likeness (QED) is 0.775. The molecule has 1 aliphatic heterocycles. The summed E-state index contributed by atoms with van der Waals surface area (Å²) in [6.45, 7) is 15.1. The van der Waals surface area contributed by atoms with Crippen molar-refractivity contribution >= 4 is 0 Å². The van der Waals surface area contributed by atoms with Gasteiger partial charge in [-0.15, -0.1) is 0 Å². The number of rotatable bonds is 5. The summed E-state index contributed by atoms with van der Waals surface area (Å²) < 4.78 is 5.55. The Hall–Kier alpha value is -0.120. The molecule has 0 aromatic carbocycles. The molecule has 1 aliphatic rings. The van der Waals surface area contributed by atoms with Gasteiger partial charge in [-0.2, -0.15) is 0 Å². The second-order valence-corrected chi connectivity index (χ2v) is 5.33. The smallest absolute Gasteiger partial charge is 0.0619 e. The molecular weight excluding hydrogens is 200 g/mol.